The fourth-order valence-electron chi connectivity index (χ4n) is 4.06. The van der Waals surface area contributed by atoms with Crippen LogP contribution < -0.4 is 10.9 Å². The summed E-state index contributed by atoms with van der Waals surface area (Å²) in [4.78, 5) is 30.0. The zero-order valence-electron chi connectivity index (χ0n) is 17.1. The lowest BCUT2D eigenvalue weighted by molar-refractivity contribution is -0.137. The third kappa shape index (κ3) is 4.58. The van der Waals surface area contributed by atoms with E-state index in [1.165, 1.54) is 18.5 Å². The summed E-state index contributed by atoms with van der Waals surface area (Å²) in [5.41, 5.74) is -0.434. The molecule has 0 spiro atoms. The van der Waals surface area contributed by atoms with Crippen molar-refractivity contribution >= 4 is 16.7 Å². The molecule has 32 heavy (non-hydrogen) atoms. The summed E-state index contributed by atoms with van der Waals surface area (Å²) in [7, 11) is 0. The number of hydrogen-bond acceptors (Lipinski definition) is 5. The molecular weight excluding hydrogens is 423 g/mol. The average Bonchev–Trinajstić information content (AvgIpc) is 2.76. The van der Waals surface area contributed by atoms with Crippen LogP contribution in [0, 0.1) is 0 Å². The van der Waals surface area contributed by atoms with Gasteiger partial charge in [0.25, 0.3) is 5.56 Å². The minimum absolute atomic E-state index is 0.0704. The van der Waals surface area contributed by atoms with Crippen molar-refractivity contribution in [3.8, 4) is 11.1 Å². The van der Waals surface area contributed by atoms with Gasteiger partial charge in [-0.25, -0.2) is 4.98 Å². The van der Waals surface area contributed by atoms with E-state index < -0.39 is 23.4 Å². The summed E-state index contributed by atoms with van der Waals surface area (Å²) < 4.78 is 40.7. The number of aliphatic hydroxyl groups is 1. The van der Waals surface area contributed by atoms with Gasteiger partial charge in [-0.3, -0.25) is 14.2 Å². The maximum Gasteiger partial charge on any atom is 0.416 e. The van der Waals surface area contributed by atoms with Crippen molar-refractivity contribution in [1.82, 2.24) is 14.9 Å². The number of alkyl halides is 3. The van der Waals surface area contributed by atoms with Gasteiger partial charge in [-0.2, -0.15) is 13.2 Å². The second kappa shape index (κ2) is 8.84. The highest BCUT2D eigenvalue weighted by Crippen LogP contribution is 2.33. The highest BCUT2D eigenvalue weighted by molar-refractivity contribution is 5.94. The molecule has 2 N–H and O–H groups in total. The number of rotatable bonds is 5. The monoisotopic (exact) mass is 445 g/mol. The molecule has 9 heteroatoms. The number of halogens is 3. The molecule has 3 aromatic rings. The van der Waals surface area contributed by atoms with Crippen LogP contribution >= 0.6 is 0 Å². The van der Waals surface area contributed by atoms with Crippen molar-refractivity contribution in [2.75, 3.05) is 6.54 Å². The topological polar surface area (TPSA) is 84.2 Å². The first kappa shape index (κ1) is 22.2. The summed E-state index contributed by atoms with van der Waals surface area (Å²) in [6, 6.07) is 9.18. The summed E-state index contributed by atoms with van der Waals surface area (Å²) >= 11 is 0. The number of Topliss-reactive ketones (excluding diaryl/α,β-unsaturated/α-hetero) is 1. The third-order valence-electron chi connectivity index (χ3n) is 5.70. The summed E-state index contributed by atoms with van der Waals surface area (Å²) in [6.45, 7) is 0.483. The Balaban J connectivity index is 1.68. The number of ketones is 1. The standard InChI is InChI=1S/C23H22F3N3O3/c24-23(25,26)15-5-1-4-14(10-15)17-6-2-7-18-21(17)22(32)29(13-28-18)12-16(30)11-19-20(31)8-3-9-27-19/h1-2,4-7,10,13,19-20,27,31H,3,8-9,11-12H2/t19-,20+/m1/s1. The van der Waals surface area contributed by atoms with E-state index in [0.717, 1.165) is 23.1 Å². The van der Waals surface area contributed by atoms with Gasteiger partial charge in [0, 0.05) is 12.5 Å². The molecule has 0 amide bonds. The largest absolute Gasteiger partial charge is 0.416 e. The zero-order chi connectivity index (χ0) is 22.9. The zero-order valence-corrected chi connectivity index (χ0v) is 17.1. The molecule has 2 heterocycles. The fraction of sp³-hybridized carbons (Fsp3) is 0.348. The molecule has 4 rings (SSSR count). The maximum absolute atomic E-state index is 13.2. The van der Waals surface area contributed by atoms with Crippen molar-refractivity contribution in [2.24, 2.45) is 0 Å². The van der Waals surface area contributed by atoms with E-state index in [2.05, 4.69) is 10.3 Å². The number of aromatic nitrogens is 2. The minimum atomic E-state index is -4.51. The third-order valence-corrected chi connectivity index (χ3v) is 5.70. The number of nitrogens with one attached hydrogen (secondary N) is 1. The van der Waals surface area contributed by atoms with Crippen LogP contribution in [0.3, 0.4) is 0 Å². The molecule has 2 aromatic carbocycles. The minimum Gasteiger partial charge on any atom is -0.391 e. The Hall–Kier alpha value is -3.04. The molecule has 1 aromatic heterocycles. The number of carbonyl (C=O) groups is 1. The number of aliphatic hydroxyl groups excluding tert-OH is 1. The van der Waals surface area contributed by atoms with Gasteiger partial charge >= 0.3 is 6.18 Å². The summed E-state index contributed by atoms with van der Waals surface area (Å²) in [6.07, 6.45) is -2.35. The Morgan fingerprint density at radius 2 is 2.00 bits per heavy atom. The second-order valence-electron chi connectivity index (χ2n) is 7.97. The van der Waals surface area contributed by atoms with Gasteiger partial charge in [-0.15, -0.1) is 0 Å². The van der Waals surface area contributed by atoms with Crippen LogP contribution in [0.2, 0.25) is 0 Å². The molecule has 0 saturated carbocycles. The van der Waals surface area contributed by atoms with Gasteiger partial charge in [0.15, 0.2) is 5.78 Å². The smallest absolute Gasteiger partial charge is 0.391 e. The number of carbonyl (C=O) groups excluding carboxylic acids is 1. The highest BCUT2D eigenvalue weighted by atomic mass is 19.4. The number of hydrogen-bond donors (Lipinski definition) is 2. The van der Waals surface area contributed by atoms with Crippen molar-refractivity contribution in [1.29, 1.82) is 0 Å². The SMILES string of the molecule is O=C(C[C@H]1NCCC[C@@H]1O)Cn1cnc2cccc(-c3cccc(C(F)(F)F)c3)c2c1=O. The normalized spacial score (nSPS) is 19.2. The maximum atomic E-state index is 13.2. The van der Waals surface area contributed by atoms with E-state index in [1.807, 2.05) is 0 Å². The van der Waals surface area contributed by atoms with E-state index in [-0.39, 0.29) is 35.7 Å². The van der Waals surface area contributed by atoms with E-state index in [9.17, 15) is 27.9 Å². The molecule has 0 aliphatic carbocycles. The van der Waals surface area contributed by atoms with Crippen molar-refractivity contribution in [3.05, 3.63) is 64.7 Å². The molecule has 0 bridgehead atoms. The summed E-state index contributed by atoms with van der Waals surface area (Å²) in [5.74, 6) is -0.247. The lowest BCUT2D eigenvalue weighted by Gasteiger charge is -2.28. The van der Waals surface area contributed by atoms with Gasteiger partial charge in [0.2, 0.25) is 0 Å². The average molecular weight is 445 g/mol. The Morgan fingerprint density at radius 1 is 1.22 bits per heavy atom. The molecule has 6 nitrogen and oxygen atoms in total. The van der Waals surface area contributed by atoms with Gasteiger partial charge in [0.1, 0.15) is 0 Å². The Labute approximate surface area is 181 Å². The first-order chi connectivity index (χ1) is 15.2. The first-order valence-electron chi connectivity index (χ1n) is 10.3. The van der Waals surface area contributed by atoms with Crippen LogP contribution in [-0.4, -0.2) is 39.1 Å². The molecule has 1 fully saturated rings. The molecule has 2 atom stereocenters. The van der Waals surface area contributed by atoms with Crippen LogP contribution in [0.4, 0.5) is 13.2 Å². The van der Waals surface area contributed by atoms with Crippen LogP contribution in [0.25, 0.3) is 22.0 Å². The van der Waals surface area contributed by atoms with Crippen molar-refractivity contribution in [2.45, 2.75) is 44.1 Å². The Morgan fingerprint density at radius 3 is 2.75 bits per heavy atom. The van der Waals surface area contributed by atoms with E-state index in [4.69, 9.17) is 0 Å². The number of piperidine rings is 1. The van der Waals surface area contributed by atoms with Crippen molar-refractivity contribution < 1.29 is 23.1 Å². The van der Waals surface area contributed by atoms with E-state index in [0.29, 0.717) is 24.0 Å². The van der Waals surface area contributed by atoms with E-state index >= 15 is 0 Å². The quantitative estimate of drug-likeness (QED) is 0.631. The van der Waals surface area contributed by atoms with Gasteiger partial charge in [-0.1, -0.05) is 24.3 Å². The second-order valence-corrected chi connectivity index (χ2v) is 7.97. The van der Waals surface area contributed by atoms with Crippen molar-refractivity contribution in [3.63, 3.8) is 0 Å². The van der Waals surface area contributed by atoms with Gasteiger partial charge in [-0.05, 0) is 48.7 Å². The molecule has 168 valence electrons. The lowest BCUT2D eigenvalue weighted by Crippen LogP contribution is -2.46. The predicted octanol–water partition coefficient (Wildman–Crippen LogP) is 3.15. The lowest BCUT2D eigenvalue weighted by atomic mass is 9.97. The van der Waals surface area contributed by atoms with Crippen LogP contribution in [0.15, 0.2) is 53.6 Å². The number of nitrogens with zero attached hydrogens (tertiary/aromatic N) is 2. The molecule has 1 aliphatic rings. The van der Waals surface area contributed by atoms with Crippen LogP contribution in [0.1, 0.15) is 24.8 Å². The Bertz CT molecular complexity index is 1210. The molecule has 1 saturated heterocycles. The number of benzene rings is 2. The number of fused-ring (bicyclic) bond motifs is 1. The fourth-order valence-corrected chi connectivity index (χ4v) is 4.06. The highest BCUT2D eigenvalue weighted by Gasteiger charge is 2.30. The van der Waals surface area contributed by atoms with E-state index in [1.54, 1.807) is 18.2 Å². The Kier molecular flexibility index (Phi) is 6.12. The summed E-state index contributed by atoms with van der Waals surface area (Å²) in [5, 5.41) is 13.3. The predicted molar refractivity (Wildman–Crippen MR) is 113 cm³/mol. The van der Waals surface area contributed by atoms with Crippen LogP contribution in [0.5, 0.6) is 0 Å². The molecular formula is C23H22F3N3O3. The van der Waals surface area contributed by atoms with Crippen LogP contribution in [-0.2, 0) is 17.5 Å². The molecule has 0 unspecified atom stereocenters. The van der Waals surface area contributed by atoms with Gasteiger partial charge < -0.3 is 10.4 Å². The first-order valence-corrected chi connectivity index (χ1v) is 10.3. The molecule has 0 radical (unpaired) electrons. The van der Waals surface area contributed by atoms with Gasteiger partial charge in [0.05, 0.1) is 35.4 Å². The molecule has 1 aliphatic heterocycles.